The molecule has 2 aromatic rings. The Morgan fingerprint density at radius 2 is 2.04 bits per heavy atom. The van der Waals surface area contributed by atoms with E-state index < -0.39 is 12.1 Å². The number of amides is 1. The molecule has 1 amide bonds. The predicted molar refractivity (Wildman–Crippen MR) is 94.5 cm³/mol. The van der Waals surface area contributed by atoms with Gasteiger partial charge in [-0.15, -0.1) is 11.6 Å². The average Bonchev–Trinajstić information content (AvgIpc) is 3.05. The summed E-state index contributed by atoms with van der Waals surface area (Å²) in [5.74, 6) is -1.20. The number of nitrogens with zero attached hydrogens (tertiary/aromatic N) is 2. The quantitative estimate of drug-likeness (QED) is 0.702. The van der Waals surface area contributed by atoms with Crippen LogP contribution >= 0.6 is 22.9 Å². The first-order chi connectivity index (χ1) is 12.1. The van der Waals surface area contributed by atoms with Gasteiger partial charge in [0.25, 0.3) is 0 Å². The van der Waals surface area contributed by atoms with Crippen LogP contribution in [-0.4, -0.2) is 42.4 Å². The van der Waals surface area contributed by atoms with E-state index >= 15 is 0 Å². The molecule has 0 saturated carbocycles. The van der Waals surface area contributed by atoms with Crippen LogP contribution in [0.1, 0.15) is 20.9 Å². The first kappa shape index (κ1) is 19.2. The molecule has 1 heterocycles. The second kappa shape index (κ2) is 9.36. The summed E-state index contributed by atoms with van der Waals surface area (Å²) in [6.07, 6.45) is -0.632. The second-order valence-electron chi connectivity index (χ2n) is 4.90. The zero-order valence-electron chi connectivity index (χ0n) is 13.5. The summed E-state index contributed by atoms with van der Waals surface area (Å²) < 4.78 is 10.3. The number of anilines is 1. The molecular weight excluding hydrogens is 368 g/mol. The van der Waals surface area contributed by atoms with Crippen molar-refractivity contribution in [1.82, 2.24) is 4.98 Å². The molecule has 25 heavy (non-hydrogen) atoms. The van der Waals surface area contributed by atoms with Gasteiger partial charge in [0.15, 0.2) is 5.13 Å². The third-order valence-corrected chi connectivity index (χ3v) is 4.54. The maximum absolute atomic E-state index is 12.4. The Bertz CT molecular complexity index is 723. The van der Waals surface area contributed by atoms with Gasteiger partial charge in [0.1, 0.15) is 11.5 Å². The van der Waals surface area contributed by atoms with Crippen molar-refractivity contribution >= 4 is 40.1 Å². The number of hydrogen-bond donors (Lipinski definition) is 1. The third-order valence-electron chi connectivity index (χ3n) is 3.18. The van der Waals surface area contributed by atoms with Crippen molar-refractivity contribution in [2.45, 2.75) is 12.5 Å². The molecule has 0 atom stereocenters. The lowest BCUT2D eigenvalue weighted by atomic mass is 10.2. The maximum Gasteiger partial charge on any atom is 0.416 e. The third kappa shape index (κ3) is 5.15. The Kier molecular flexibility index (Phi) is 7.17. The summed E-state index contributed by atoms with van der Waals surface area (Å²) in [5, 5.41) is 9.42. The lowest BCUT2D eigenvalue weighted by molar-refractivity contribution is 0.0701. The van der Waals surface area contributed by atoms with Gasteiger partial charge in [-0.3, -0.25) is 4.90 Å². The van der Waals surface area contributed by atoms with E-state index in [1.807, 2.05) is 30.3 Å². The Morgan fingerprint density at radius 3 is 2.60 bits per heavy atom. The number of halogens is 1. The molecule has 134 valence electrons. The summed E-state index contributed by atoms with van der Waals surface area (Å²) in [5.41, 5.74) is 1.06. The summed E-state index contributed by atoms with van der Waals surface area (Å²) in [6.45, 7) is 0.528. The number of alkyl halides is 1. The van der Waals surface area contributed by atoms with Crippen molar-refractivity contribution in [3.63, 3.8) is 0 Å². The number of carboxylic acids is 1. The average molecular weight is 385 g/mol. The maximum atomic E-state index is 12.4. The van der Waals surface area contributed by atoms with Gasteiger partial charge >= 0.3 is 12.1 Å². The van der Waals surface area contributed by atoms with Gasteiger partial charge < -0.3 is 14.6 Å². The van der Waals surface area contributed by atoms with Crippen LogP contribution in [0.25, 0.3) is 0 Å². The van der Waals surface area contributed by atoms with Crippen LogP contribution < -0.4 is 4.90 Å². The fourth-order valence-electron chi connectivity index (χ4n) is 1.96. The standard InChI is InChI=1S/C16H17ClN2O5S/c1-23-8-7-19(15-18-12(9-17)13(25-15)14(20)21)16(22)24-10-11-5-3-2-4-6-11/h2-6H,7-10H2,1H3,(H,20,21). The van der Waals surface area contributed by atoms with Gasteiger partial charge in [0.2, 0.25) is 0 Å². The molecule has 1 aromatic carbocycles. The molecule has 0 saturated heterocycles. The summed E-state index contributed by atoms with van der Waals surface area (Å²) in [4.78, 5) is 29.1. The Hall–Kier alpha value is -2.16. The van der Waals surface area contributed by atoms with Crippen LogP contribution in [-0.2, 0) is 22.0 Å². The minimum absolute atomic E-state index is 0.00303. The van der Waals surface area contributed by atoms with Crippen LogP contribution in [0.15, 0.2) is 30.3 Å². The van der Waals surface area contributed by atoms with Crippen molar-refractivity contribution in [3.05, 3.63) is 46.5 Å². The fourth-order valence-corrected chi connectivity index (χ4v) is 3.17. The van der Waals surface area contributed by atoms with Crippen molar-refractivity contribution < 1.29 is 24.2 Å². The van der Waals surface area contributed by atoms with Crippen LogP contribution in [0, 0.1) is 0 Å². The zero-order valence-corrected chi connectivity index (χ0v) is 15.0. The Labute approximate surface area is 153 Å². The van der Waals surface area contributed by atoms with Gasteiger partial charge in [-0.25, -0.2) is 14.6 Å². The summed E-state index contributed by atoms with van der Waals surface area (Å²) in [7, 11) is 1.50. The number of hydrogen-bond acceptors (Lipinski definition) is 6. The molecule has 1 N–H and O–H groups in total. The molecular formula is C16H17ClN2O5S. The summed E-state index contributed by atoms with van der Waals surface area (Å²) >= 11 is 6.62. The van der Waals surface area contributed by atoms with E-state index in [-0.39, 0.29) is 41.3 Å². The number of aromatic nitrogens is 1. The van der Waals surface area contributed by atoms with E-state index in [0.29, 0.717) is 0 Å². The largest absolute Gasteiger partial charge is 0.477 e. The van der Waals surface area contributed by atoms with Crippen LogP contribution in [0.5, 0.6) is 0 Å². The number of thiazole rings is 1. The zero-order chi connectivity index (χ0) is 18.2. The fraction of sp³-hybridized carbons (Fsp3) is 0.312. The highest BCUT2D eigenvalue weighted by molar-refractivity contribution is 7.17. The van der Waals surface area contributed by atoms with E-state index in [1.165, 1.54) is 12.0 Å². The highest BCUT2D eigenvalue weighted by Gasteiger charge is 2.25. The van der Waals surface area contributed by atoms with Gasteiger partial charge in [-0.1, -0.05) is 41.7 Å². The van der Waals surface area contributed by atoms with E-state index in [0.717, 1.165) is 16.9 Å². The molecule has 0 radical (unpaired) electrons. The summed E-state index contributed by atoms with van der Waals surface area (Å²) in [6, 6.07) is 9.23. The Balaban J connectivity index is 2.17. The number of methoxy groups -OCH3 is 1. The molecule has 1 aromatic heterocycles. The van der Waals surface area contributed by atoms with Crippen LogP contribution in [0.4, 0.5) is 9.93 Å². The number of carbonyl (C=O) groups excluding carboxylic acids is 1. The number of carbonyl (C=O) groups is 2. The number of rotatable bonds is 8. The monoisotopic (exact) mass is 384 g/mol. The van der Waals surface area contributed by atoms with Crippen LogP contribution in [0.2, 0.25) is 0 Å². The lowest BCUT2D eigenvalue weighted by Crippen LogP contribution is -2.34. The minimum Gasteiger partial charge on any atom is -0.477 e. The molecule has 0 aliphatic carbocycles. The number of aromatic carboxylic acids is 1. The van der Waals surface area contributed by atoms with Crippen molar-refractivity contribution in [2.24, 2.45) is 0 Å². The van der Waals surface area contributed by atoms with Crippen LogP contribution in [0.3, 0.4) is 0 Å². The second-order valence-corrected chi connectivity index (χ2v) is 6.14. The first-order valence-electron chi connectivity index (χ1n) is 7.33. The molecule has 0 spiro atoms. The van der Waals surface area contributed by atoms with E-state index in [4.69, 9.17) is 21.1 Å². The van der Waals surface area contributed by atoms with Crippen molar-refractivity contribution in [1.29, 1.82) is 0 Å². The molecule has 0 aliphatic rings. The van der Waals surface area contributed by atoms with Gasteiger partial charge in [0, 0.05) is 7.11 Å². The number of carboxylic acid groups (broad SMARTS) is 1. The minimum atomic E-state index is -1.14. The molecule has 0 bridgehead atoms. The van der Waals surface area contributed by atoms with E-state index in [9.17, 15) is 14.7 Å². The van der Waals surface area contributed by atoms with E-state index in [1.54, 1.807) is 0 Å². The lowest BCUT2D eigenvalue weighted by Gasteiger charge is -2.19. The smallest absolute Gasteiger partial charge is 0.416 e. The molecule has 7 nitrogen and oxygen atoms in total. The highest BCUT2D eigenvalue weighted by atomic mass is 35.5. The van der Waals surface area contributed by atoms with E-state index in [2.05, 4.69) is 4.98 Å². The Morgan fingerprint density at radius 1 is 1.32 bits per heavy atom. The molecule has 9 heteroatoms. The number of ether oxygens (including phenoxy) is 2. The van der Waals surface area contributed by atoms with Gasteiger partial charge in [0.05, 0.1) is 24.7 Å². The van der Waals surface area contributed by atoms with Gasteiger partial charge in [-0.2, -0.15) is 0 Å². The molecule has 0 fully saturated rings. The first-order valence-corrected chi connectivity index (χ1v) is 8.68. The molecule has 0 unspecified atom stereocenters. The van der Waals surface area contributed by atoms with Gasteiger partial charge in [-0.05, 0) is 5.56 Å². The SMILES string of the molecule is COCCN(C(=O)OCc1ccccc1)c1nc(CCl)c(C(=O)O)s1. The number of benzene rings is 1. The van der Waals surface area contributed by atoms with Crippen molar-refractivity contribution in [2.75, 3.05) is 25.2 Å². The van der Waals surface area contributed by atoms with Crippen molar-refractivity contribution in [3.8, 4) is 0 Å². The topological polar surface area (TPSA) is 89.0 Å². The highest BCUT2D eigenvalue weighted by Crippen LogP contribution is 2.28. The molecule has 0 aliphatic heterocycles. The molecule has 2 rings (SSSR count). The predicted octanol–water partition coefficient (Wildman–Crippen LogP) is 3.37. The normalized spacial score (nSPS) is 10.5.